The predicted octanol–water partition coefficient (Wildman–Crippen LogP) is 5.63. The van der Waals surface area contributed by atoms with Crippen LogP contribution < -0.4 is 10.1 Å². The highest BCUT2D eigenvalue weighted by molar-refractivity contribution is 6.02. The van der Waals surface area contributed by atoms with Crippen molar-refractivity contribution in [2.75, 3.05) is 19.5 Å². The van der Waals surface area contributed by atoms with Crippen LogP contribution in [-0.2, 0) is 15.9 Å². The number of hydrogen-bond acceptors (Lipinski definition) is 7. The van der Waals surface area contributed by atoms with E-state index in [9.17, 15) is 14.4 Å². The summed E-state index contributed by atoms with van der Waals surface area (Å²) in [4.78, 5) is 38.2. The third-order valence-electron chi connectivity index (χ3n) is 5.18. The fourth-order valence-electron chi connectivity index (χ4n) is 3.62. The van der Waals surface area contributed by atoms with Crippen LogP contribution in [0.4, 0.5) is 10.5 Å². The Labute approximate surface area is 204 Å². The fraction of sp³-hybridized carbons (Fsp3) is 0.296. The summed E-state index contributed by atoms with van der Waals surface area (Å²) in [5.74, 6) is -0.890. The summed E-state index contributed by atoms with van der Waals surface area (Å²) in [5, 5.41) is 2.76. The predicted molar refractivity (Wildman–Crippen MR) is 130 cm³/mol. The van der Waals surface area contributed by atoms with Gasteiger partial charge in [-0.05, 0) is 62.6 Å². The Morgan fingerprint density at radius 3 is 2.40 bits per heavy atom. The van der Waals surface area contributed by atoms with E-state index in [-0.39, 0.29) is 12.2 Å². The molecule has 1 unspecified atom stereocenters. The number of anilines is 1. The minimum atomic E-state index is -0.712. The van der Waals surface area contributed by atoms with Crippen molar-refractivity contribution in [3.8, 4) is 5.75 Å². The molecule has 0 aliphatic rings. The van der Waals surface area contributed by atoms with Crippen LogP contribution in [-0.4, -0.2) is 37.7 Å². The lowest BCUT2D eigenvalue weighted by Gasteiger charge is -2.23. The van der Waals surface area contributed by atoms with E-state index in [0.717, 1.165) is 5.56 Å². The van der Waals surface area contributed by atoms with Gasteiger partial charge in [-0.1, -0.05) is 18.2 Å². The average molecular weight is 480 g/mol. The van der Waals surface area contributed by atoms with Crippen LogP contribution in [0, 0.1) is 0 Å². The van der Waals surface area contributed by atoms with Gasteiger partial charge in [0.15, 0.2) is 5.78 Å². The van der Waals surface area contributed by atoms with E-state index in [0.29, 0.717) is 28.1 Å². The van der Waals surface area contributed by atoms with Gasteiger partial charge in [0.25, 0.3) is 0 Å². The Hall–Kier alpha value is -4.07. The first-order chi connectivity index (χ1) is 16.6. The van der Waals surface area contributed by atoms with E-state index in [1.165, 1.54) is 26.7 Å². The van der Waals surface area contributed by atoms with Gasteiger partial charge in [-0.3, -0.25) is 10.1 Å². The number of hydrogen-bond donors (Lipinski definition) is 1. The van der Waals surface area contributed by atoms with Gasteiger partial charge in [-0.2, -0.15) is 0 Å². The Kier molecular flexibility index (Phi) is 7.96. The quantitative estimate of drug-likeness (QED) is 0.330. The summed E-state index contributed by atoms with van der Waals surface area (Å²) in [6.07, 6.45) is 2.40. The van der Waals surface area contributed by atoms with Crippen LogP contribution in [0.3, 0.4) is 0 Å². The number of esters is 1. The monoisotopic (exact) mass is 479 g/mol. The molecule has 8 heteroatoms. The number of methoxy groups -OCH3 is 2. The second-order valence-corrected chi connectivity index (χ2v) is 8.91. The van der Waals surface area contributed by atoms with E-state index < -0.39 is 23.6 Å². The van der Waals surface area contributed by atoms with Crippen LogP contribution >= 0.6 is 0 Å². The zero-order chi connectivity index (χ0) is 25.6. The third-order valence-corrected chi connectivity index (χ3v) is 5.18. The first kappa shape index (κ1) is 25.6. The van der Waals surface area contributed by atoms with Crippen molar-refractivity contribution in [3.05, 3.63) is 83.3 Å². The number of ketones is 1. The number of furan rings is 1. The normalized spacial score (nSPS) is 11.9. The fourth-order valence-corrected chi connectivity index (χ4v) is 3.62. The lowest BCUT2D eigenvalue weighted by atomic mass is 9.85. The molecule has 0 spiro atoms. The summed E-state index contributed by atoms with van der Waals surface area (Å²) < 4.78 is 20.7. The molecule has 8 nitrogen and oxygen atoms in total. The first-order valence-corrected chi connectivity index (χ1v) is 11.0. The molecule has 3 rings (SSSR count). The van der Waals surface area contributed by atoms with E-state index in [4.69, 9.17) is 18.6 Å². The molecule has 1 N–H and O–H groups in total. The first-order valence-electron chi connectivity index (χ1n) is 11.0. The molecular weight excluding hydrogens is 450 g/mol. The SMILES string of the molecule is COC(=O)c1cccc(CC(C(=O)c2ccoc2)c2ccc(OC)cc2NC(=O)OC(C)(C)C)c1. The van der Waals surface area contributed by atoms with Crippen molar-refractivity contribution in [2.24, 2.45) is 0 Å². The van der Waals surface area contributed by atoms with E-state index in [1.807, 2.05) is 6.07 Å². The summed E-state index contributed by atoms with van der Waals surface area (Å²) in [6.45, 7) is 5.29. The van der Waals surface area contributed by atoms with Gasteiger partial charge in [0, 0.05) is 6.07 Å². The second-order valence-electron chi connectivity index (χ2n) is 8.91. The lowest BCUT2D eigenvalue weighted by Crippen LogP contribution is -2.28. The lowest BCUT2D eigenvalue weighted by molar-refractivity contribution is 0.0598. The van der Waals surface area contributed by atoms with Crippen molar-refractivity contribution in [2.45, 2.75) is 38.7 Å². The summed E-state index contributed by atoms with van der Waals surface area (Å²) in [5.41, 5.74) is 1.74. The van der Waals surface area contributed by atoms with Gasteiger partial charge >= 0.3 is 12.1 Å². The molecule has 1 heterocycles. The van der Waals surface area contributed by atoms with E-state index in [1.54, 1.807) is 63.2 Å². The van der Waals surface area contributed by atoms with Gasteiger partial charge in [0.05, 0.1) is 43.2 Å². The number of nitrogens with one attached hydrogen (secondary N) is 1. The minimum Gasteiger partial charge on any atom is -0.497 e. The molecule has 0 aliphatic heterocycles. The van der Waals surface area contributed by atoms with Gasteiger partial charge in [-0.15, -0.1) is 0 Å². The van der Waals surface area contributed by atoms with Crippen LogP contribution in [0.1, 0.15) is 58.5 Å². The second kappa shape index (κ2) is 10.9. The Morgan fingerprint density at radius 1 is 1.00 bits per heavy atom. The molecule has 0 aliphatic carbocycles. The van der Waals surface area contributed by atoms with Crippen LogP contribution in [0.25, 0.3) is 0 Å². The van der Waals surface area contributed by atoms with E-state index in [2.05, 4.69) is 5.32 Å². The number of carbonyl (C=O) groups is 3. The molecule has 0 fully saturated rings. The van der Waals surface area contributed by atoms with Crippen LogP contribution in [0.15, 0.2) is 65.5 Å². The highest BCUT2D eigenvalue weighted by atomic mass is 16.6. The molecule has 184 valence electrons. The molecule has 0 radical (unpaired) electrons. The smallest absolute Gasteiger partial charge is 0.412 e. The minimum absolute atomic E-state index is 0.209. The van der Waals surface area contributed by atoms with Gasteiger partial charge in [0.2, 0.25) is 0 Å². The van der Waals surface area contributed by atoms with Crippen LogP contribution in [0.5, 0.6) is 5.75 Å². The molecule has 0 saturated heterocycles. The Bertz CT molecular complexity index is 1190. The molecule has 3 aromatic rings. The Morgan fingerprint density at radius 2 is 1.77 bits per heavy atom. The van der Waals surface area contributed by atoms with Crippen LogP contribution in [0.2, 0.25) is 0 Å². The molecule has 1 aromatic heterocycles. The zero-order valence-electron chi connectivity index (χ0n) is 20.4. The Balaban J connectivity index is 2.05. The molecule has 0 bridgehead atoms. The number of Topliss-reactive ketones (excluding diaryl/α,β-unsaturated/α-hetero) is 1. The summed E-state index contributed by atoms with van der Waals surface area (Å²) >= 11 is 0. The van der Waals surface area contributed by atoms with Crippen molar-refractivity contribution in [1.29, 1.82) is 0 Å². The highest BCUT2D eigenvalue weighted by Crippen LogP contribution is 2.34. The highest BCUT2D eigenvalue weighted by Gasteiger charge is 2.28. The molecule has 2 aromatic carbocycles. The maximum atomic E-state index is 13.6. The standard InChI is InChI=1S/C27H29NO7/c1-27(2,3)35-26(31)28-23-15-20(32-4)9-10-21(23)22(24(29)19-11-12-34-16-19)14-17-7-6-8-18(13-17)25(30)33-5/h6-13,15-16,22H,14H2,1-5H3,(H,28,31). The van der Waals surface area contributed by atoms with Crippen molar-refractivity contribution < 1.29 is 33.0 Å². The van der Waals surface area contributed by atoms with Crippen molar-refractivity contribution in [1.82, 2.24) is 0 Å². The number of amides is 1. The van der Waals surface area contributed by atoms with Crippen molar-refractivity contribution >= 4 is 23.5 Å². The number of benzene rings is 2. The molecule has 0 saturated carbocycles. The average Bonchev–Trinajstić information content (AvgIpc) is 3.36. The number of rotatable bonds is 8. The number of carbonyl (C=O) groups excluding carboxylic acids is 3. The molecule has 35 heavy (non-hydrogen) atoms. The van der Waals surface area contributed by atoms with E-state index >= 15 is 0 Å². The van der Waals surface area contributed by atoms with Gasteiger partial charge in [-0.25, -0.2) is 9.59 Å². The van der Waals surface area contributed by atoms with Gasteiger partial charge < -0.3 is 18.6 Å². The molecule has 1 amide bonds. The molecular formula is C27H29NO7. The maximum Gasteiger partial charge on any atom is 0.412 e. The maximum absolute atomic E-state index is 13.6. The topological polar surface area (TPSA) is 104 Å². The van der Waals surface area contributed by atoms with Gasteiger partial charge in [0.1, 0.15) is 17.6 Å². The zero-order valence-corrected chi connectivity index (χ0v) is 20.4. The largest absolute Gasteiger partial charge is 0.497 e. The molecule has 1 atom stereocenters. The summed E-state index contributed by atoms with van der Waals surface area (Å²) in [7, 11) is 2.82. The number of ether oxygens (including phenoxy) is 3. The van der Waals surface area contributed by atoms with Crippen molar-refractivity contribution in [3.63, 3.8) is 0 Å². The third kappa shape index (κ3) is 6.72. The summed E-state index contributed by atoms with van der Waals surface area (Å²) in [6, 6.07) is 13.6.